The highest BCUT2D eigenvalue weighted by atomic mass is 32.2. The van der Waals surface area contributed by atoms with Crippen LogP contribution in [-0.4, -0.2) is 76.2 Å². The van der Waals surface area contributed by atoms with Crippen LogP contribution in [0.4, 0.5) is 8.78 Å². The molecule has 2 saturated heterocycles. The Hall–Kier alpha value is -2.42. The van der Waals surface area contributed by atoms with Crippen LogP contribution in [0.2, 0.25) is 0 Å². The number of nitrogens with one attached hydrogen (secondary N) is 1. The fourth-order valence-electron chi connectivity index (χ4n) is 4.40. The second-order valence-electron chi connectivity index (χ2n) is 8.38. The second kappa shape index (κ2) is 10.2. The predicted octanol–water partition coefficient (Wildman–Crippen LogP) is 1.74. The number of hydrogen-bond donors (Lipinski definition) is 1. The van der Waals surface area contributed by atoms with Gasteiger partial charge in [0.1, 0.15) is 11.6 Å². The maximum atomic E-state index is 13.9. The van der Waals surface area contributed by atoms with E-state index in [0.29, 0.717) is 51.3 Å². The summed E-state index contributed by atoms with van der Waals surface area (Å²) in [5.41, 5.74) is 0.521. The number of morpholine rings is 2. The van der Waals surface area contributed by atoms with Gasteiger partial charge < -0.3 is 4.74 Å². The predicted molar refractivity (Wildman–Crippen MR) is 118 cm³/mol. The number of fused-ring (bicyclic) bond motifs is 2. The minimum atomic E-state index is -3.64. The van der Waals surface area contributed by atoms with Crippen LogP contribution in [0.5, 0.6) is 0 Å². The van der Waals surface area contributed by atoms with Crippen LogP contribution < -0.4 is 4.72 Å². The van der Waals surface area contributed by atoms with Gasteiger partial charge in [0.25, 0.3) is 0 Å². The highest BCUT2D eigenvalue weighted by molar-refractivity contribution is 7.89. The van der Waals surface area contributed by atoms with Gasteiger partial charge in [-0.1, -0.05) is 6.07 Å². The average molecular weight is 477 g/mol. The Kier molecular flexibility index (Phi) is 7.36. The summed E-state index contributed by atoms with van der Waals surface area (Å²) in [6.07, 6.45) is 0.245. The average Bonchev–Trinajstić information content (AvgIpc) is 2.78. The van der Waals surface area contributed by atoms with Gasteiger partial charge in [0.15, 0.2) is 0 Å². The molecule has 0 saturated carbocycles. The zero-order chi connectivity index (χ0) is 23.4. The third kappa shape index (κ3) is 5.93. The van der Waals surface area contributed by atoms with Crippen LogP contribution in [-0.2, 0) is 21.2 Å². The van der Waals surface area contributed by atoms with Gasteiger partial charge in [0, 0.05) is 51.4 Å². The SMILES string of the molecule is N#Cc1ccc(S(=O)(=O)NCCN2CC3CN(CCc4c(F)cccc4F)CC(C2)O3)cc1. The van der Waals surface area contributed by atoms with Crippen molar-refractivity contribution in [1.82, 2.24) is 14.5 Å². The molecule has 33 heavy (non-hydrogen) atoms. The van der Waals surface area contributed by atoms with Crippen molar-refractivity contribution in [2.75, 3.05) is 45.8 Å². The quantitative estimate of drug-likeness (QED) is 0.625. The molecule has 2 unspecified atom stereocenters. The monoisotopic (exact) mass is 476 g/mol. The molecule has 0 aliphatic carbocycles. The summed E-state index contributed by atoms with van der Waals surface area (Å²) in [4.78, 5) is 4.48. The van der Waals surface area contributed by atoms with Gasteiger partial charge in [-0.05, 0) is 42.8 Å². The molecule has 7 nitrogen and oxygen atoms in total. The van der Waals surface area contributed by atoms with E-state index in [1.807, 2.05) is 6.07 Å². The zero-order valence-electron chi connectivity index (χ0n) is 18.1. The highest BCUT2D eigenvalue weighted by Crippen LogP contribution is 2.20. The Morgan fingerprint density at radius 1 is 0.970 bits per heavy atom. The van der Waals surface area contributed by atoms with Crippen molar-refractivity contribution < 1.29 is 21.9 Å². The standard InChI is InChI=1S/C23H26F2N4O3S/c24-22-2-1-3-23(25)21(22)8-10-28-13-18-15-29(16-19(14-28)32-18)11-9-27-33(30,31)20-6-4-17(12-26)5-7-20/h1-7,18-19,27H,8-11,13-16H2. The first-order valence-electron chi connectivity index (χ1n) is 10.9. The molecule has 1 N–H and O–H groups in total. The van der Waals surface area contributed by atoms with Gasteiger partial charge in [0.2, 0.25) is 10.0 Å². The number of rotatable bonds is 8. The van der Waals surface area contributed by atoms with E-state index in [2.05, 4.69) is 14.5 Å². The first-order valence-corrected chi connectivity index (χ1v) is 12.4. The van der Waals surface area contributed by atoms with Crippen molar-refractivity contribution >= 4 is 10.0 Å². The minimum absolute atomic E-state index is 0.0295. The number of nitrogens with zero attached hydrogens (tertiary/aromatic N) is 3. The lowest BCUT2D eigenvalue weighted by Crippen LogP contribution is -2.60. The van der Waals surface area contributed by atoms with Crippen LogP contribution >= 0.6 is 0 Å². The first kappa shape index (κ1) is 23.7. The van der Waals surface area contributed by atoms with Gasteiger partial charge in [-0.25, -0.2) is 21.9 Å². The summed E-state index contributed by atoms with van der Waals surface area (Å²) in [6, 6.07) is 11.7. The Morgan fingerprint density at radius 2 is 1.55 bits per heavy atom. The zero-order valence-corrected chi connectivity index (χ0v) is 18.9. The van der Waals surface area contributed by atoms with Crippen LogP contribution in [0.15, 0.2) is 47.4 Å². The van der Waals surface area contributed by atoms with Crippen molar-refractivity contribution in [3.63, 3.8) is 0 Å². The third-order valence-electron chi connectivity index (χ3n) is 5.99. The van der Waals surface area contributed by atoms with E-state index in [1.54, 1.807) is 0 Å². The minimum Gasteiger partial charge on any atom is -0.370 e. The number of ether oxygens (including phenoxy) is 1. The van der Waals surface area contributed by atoms with Gasteiger partial charge in [-0.15, -0.1) is 0 Å². The van der Waals surface area contributed by atoms with E-state index in [4.69, 9.17) is 10.00 Å². The first-order chi connectivity index (χ1) is 15.8. The molecule has 2 atom stereocenters. The molecular formula is C23H26F2N4O3S. The summed E-state index contributed by atoms with van der Waals surface area (Å²) in [5, 5.41) is 8.84. The topological polar surface area (TPSA) is 85.7 Å². The van der Waals surface area contributed by atoms with Crippen molar-refractivity contribution in [2.45, 2.75) is 23.5 Å². The molecule has 2 aliphatic heterocycles. The largest absolute Gasteiger partial charge is 0.370 e. The summed E-state index contributed by atoms with van der Waals surface area (Å²) in [7, 11) is -3.64. The fraction of sp³-hybridized carbons (Fsp3) is 0.435. The summed E-state index contributed by atoms with van der Waals surface area (Å²) >= 11 is 0. The lowest BCUT2D eigenvalue weighted by atomic mass is 10.1. The van der Waals surface area contributed by atoms with Crippen LogP contribution in [0.1, 0.15) is 11.1 Å². The van der Waals surface area contributed by atoms with Crippen molar-refractivity contribution in [2.24, 2.45) is 0 Å². The summed E-state index contributed by atoms with van der Waals surface area (Å²) in [6.45, 7) is 4.03. The number of benzene rings is 2. The van der Waals surface area contributed by atoms with E-state index in [1.165, 1.54) is 42.5 Å². The lowest BCUT2D eigenvalue weighted by Gasteiger charge is -2.46. The number of sulfonamides is 1. The van der Waals surface area contributed by atoms with E-state index < -0.39 is 21.7 Å². The molecule has 10 heteroatoms. The maximum Gasteiger partial charge on any atom is 0.240 e. The molecule has 4 rings (SSSR count). The molecule has 0 amide bonds. The van der Waals surface area contributed by atoms with Gasteiger partial charge in [0.05, 0.1) is 28.7 Å². The maximum absolute atomic E-state index is 13.9. The Labute approximate surface area is 192 Å². The summed E-state index contributed by atoms with van der Waals surface area (Å²) in [5.74, 6) is -1.03. The molecule has 2 aromatic rings. The molecule has 176 valence electrons. The molecule has 2 bridgehead atoms. The lowest BCUT2D eigenvalue weighted by molar-refractivity contribution is -0.137. The Bertz CT molecular complexity index is 1090. The van der Waals surface area contributed by atoms with E-state index in [0.717, 1.165) is 0 Å². The molecule has 0 aromatic heterocycles. The van der Waals surface area contributed by atoms with Crippen LogP contribution in [0.3, 0.4) is 0 Å². The van der Waals surface area contributed by atoms with Crippen molar-refractivity contribution in [3.8, 4) is 6.07 Å². The van der Waals surface area contributed by atoms with E-state index in [9.17, 15) is 17.2 Å². The molecular weight excluding hydrogens is 450 g/mol. The Morgan fingerprint density at radius 3 is 2.12 bits per heavy atom. The second-order valence-corrected chi connectivity index (χ2v) is 10.2. The molecule has 0 radical (unpaired) electrons. The van der Waals surface area contributed by atoms with Gasteiger partial charge in [-0.2, -0.15) is 5.26 Å². The van der Waals surface area contributed by atoms with Crippen molar-refractivity contribution in [1.29, 1.82) is 5.26 Å². The molecule has 2 aliphatic rings. The third-order valence-corrected chi connectivity index (χ3v) is 7.46. The van der Waals surface area contributed by atoms with Crippen molar-refractivity contribution in [3.05, 3.63) is 65.2 Å². The molecule has 0 spiro atoms. The molecule has 2 fully saturated rings. The fourth-order valence-corrected chi connectivity index (χ4v) is 5.42. The number of hydrogen-bond acceptors (Lipinski definition) is 6. The highest BCUT2D eigenvalue weighted by Gasteiger charge is 2.34. The smallest absolute Gasteiger partial charge is 0.240 e. The molecule has 2 aromatic carbocycles. The van der Waals surface area contributed by atoms with E-state index in [-0.39, 0.29) is 29.2 Å². The van der Waals surface area contributed by atoms with Gasteiger partial charge in [-0.3, -0.25) is 9.80 Å². The van der Waals surface area contributed by atoms with Crippen LogP contribution in [0, 0.1) is 23.0 Å². The number of nitriles is 1. The normalized spacial score (nSPS) is 21.6. The number of halogens is 2. The van der Waals surface area contributed by atoms with E-state index >= 15 is 0 Å². The van der Waals surface area contributed by atoms with Crippen LogP contribution in [0.25, 0.3) is 0 Å². The molecule has 2 heterocycles. The van der Waals surface area contributed by atoms with Gasteiger partial charge >= 0.3 is 0 Å². The Balaban J connectivity index is 1.24. The summed E-state index contributed by atoms with van der Waals surface area (Å²) < 4.78 is 61.3.